The summed E-state index contributed by atoms with van der Waals surface area (Å²) in [6.45, 7) is 4.94. The Labute approximate surface area is 191 Å². The second-order valence-corrected chi connectivity index (χ2v) is 12.1. The van der Waals surface area contributed by atoms with Gasteiger partial charge in [0.2, 0.25) is 0 Å². The Hall–Kier alpha value is -1.57. The molecular weight excluding hydrogens is 428 g/mol. The fourth-order valence-electron chi connectivity index (χ4n) is 6.41. The fourth-order valence-corrected chi connectivity index (χ4v) is 8.14. The third-order valence-electron chi connectivity index (χ3n) is 7.87. The van der Waals surface area contributed by atoms with E-state index in [-0.39, 0.29) is 53.5 Å². The number of benzene rings is 1. The summed E-state index contributed by atoms with van der Waals surface area (Å²) in [5.74, 6) is 0.673. The third kappa shape index (κ3) is 4.19. The lowest BCUT2D eigenvalue weighted by molar-refractivity contribution is -0.133. The molecule has 176 valence electrons. The molecule has 4 rings (SSSR count). The zero-order chi connectivity index (χ0) is 23.0. The highest BCUT2D eigenvalue weighted by atomic mass is 32.2. The van der Waals surface area contributed by atoms with E-state index in [0.717, 1.165) is 12.8 Å². The van der Waals surface area contributed by atoms with Crippen LogP contribution in [0.25, 0.3) is 0 Å². The van der Waals surface area contributed by atoms with Gasteiger partial charge in [0.15, 0.2) is 21.4 Å². The number of sulfone groups is 1. The Morgan fingerprint density at radius 3 is 2.41 bits per heavy atom. The molecule has 2 aliphatic heterocycles. The molecule has 0 amide bonds. The summed E-state index contributed by atoms with van der Waals surface area (Å²) in [6.07, 6.45) is 1.10. The van der Waals surface area contributed by atoms with Gasteiger partial charge in [0.1, 0.15) is 11.4 Å². The summed E-state index contributed by atoms with van der Waals surface area (Å²) in [4.78, 5) is 26.8. The minimum atomic E-state index is -3.87. The third-order valence-corrected chi connectivity index (χ3v) is 10.0. The van der Waals surface area contributed by atoms with Gasteiger partial charge in [0, 0.05) is 32.5 Å². The normalized spacial score (nSPS) is 35.8. The van der Waals surface area contributed by atoms with Crippen LogP contribution in [-0.4, -0.2) is 51.2 Å². The Morgan fingerprint density at radius 1 is 1.03 bits per heavy atom. The van der Waals surface area contributed by atoms with Crippen molar-refractivity contribution in [2.75, 3.05) is 13.7 Å². The molecular formula is C25H34O6S. The molecule has 1 saturated carbocycles. The Balaban J connectivity index is 1.68. The molecule has 0 radical (unpaired) electrons. The zero-order valence-corrected chi connectivity index (χ0v) is 19.9. The molecule has 3 aliphatic rings. The summed E-state index contributed by atoms with van der Waals surface area (Å²) >= 11 is 0. The molecule has 3 fully saturated rings. The molecule has 7 heteroatoms. The minimum absolute atomic E-state index is 0.0205. The van der Waals surface area contributed by atoms with E-state index in [4.69, 9.17) is 9.47 Å². The van der Waals surface area contributed by atoms with Crippen molar-refractivity contribution < 1.29 is 27.5 Å². The fraction of sp³-hybridized carbons (Fsp3) is 0.680. The van der Waals surface area contributed by atoms with E-state index >= 15 is 0 Å². The maximum Gasteiger partial charge on any atom is 0.188 e. The minimum Gasteiger partial charge on any atom is -0.384 e. The maximum absolute atomic E-state index is 13.4. The van der Waals surface area contributed by atoms with Crippen molar-refractivity contribution in [3.05, 3.63) is 30.3 Å². The highest BCUT2D eigenvalue weighted by Gasteiger charge is 2.57. The molecule has 1 aromatic rings. The molecule has 1 aliphatic carbocycles. The first-order chi connectivity index (χ1) is 15.3. The average Bonchev–Trinajstić information content (AvgIpc) is 3.15. The van der Waals surface area contributed by atoms with E-state index in [2.05, 4.69) is 13.8 Å². The van der Waals surface area contributed by atoms with E-state index in [1.165, 1.54) is 12.1 Å². The lowest BCUT2D eigenvalue weighted by Gasteiger charge is -2.43. The van der Waals surface area contributed by atoms with Crippen molar-refractivity contribution in [2.24, 2.45) is 29.6 Å². The van der Waals surface area contributed by atoms with E-state index in [0.29, 0.717) is 18.4 Å². The lowest BCUT2D eigenvalue weighted by Crippen LogP contribution is -2.45. The van der Waals surface area contributed by atoms with Crippen LogP contribution < -0.4 is 0 Å². The van der Waals surface area contributed by atoms with Crippen LogP contribution in [0.1, 0.15) is 46.0 Å². The van der Waals surface area contributed by atoms with Crippen molar-refractivity contribution >= 4 is 21.4 Å². The summed E-state index contributed by atoms with van der Waals surface area (Å²) in [6, 6.07) is 8.07. The number of Topliss-reactive ketones (excluding diaryl/α,β-unsaturated/α-hetero) is 2. The lowest BCUT2D eigenvalue weighted by atomic mass is 9.60. The Morgan fingerprint density at radius 2 is 1.75 bits per heavy atom. The summed E-state index contributed by atoms with van der Waals surface area (Å²) in [7, 11) is -2.19. The van der Waals surface area contributed by atoms with Crippen molar-refractivity contribution in [3.8, 4) is 0 Å². The first-order valence-corrected chi connectivity index (χ1v) is 13.3. The second-order valence-electron chi connectivity index (χ2n) is 9.97. The number of hydrogen-bond donors (Lipinski definition) is 0. The van der Waals surface area contributed by atoms with Crippen LogP contribution >= 0.6 is 0 Å². The average molecular weight is 463 g/mol. The SMILES string of the molecule is COC[C@H]1CC[C@H](C(C)C)[C@@H]2[C@H]1[C@H]1CC(=O)[C@H](S(=O)(=O)c3ccccc3)CCC(=O)[C@@H]2O1. The monoisotopic (exact) mass is 462 g/mol. The number of fused-ring (bicyclic) bond motifs is 5. The summed E-state index contributed by atoms with van der Waals surface area (Å²) in [5, 5.41) is -1.21. The maximum atomic E-state index is 13.4. The molecule has 2 heterocycles. The smallest absolute Gasteiger partial charge is 0.188 e. The topological polar surface area (TPSA) is 86.7 Å². The number of ether oxygens (including phenoxy) is 2. The van der Waals surface area contributed by atoms with E-state index in [1.807, 2.05) is 0 Å². The van der Waals surface area contributed by atoms with Gasteiger partial charge in [-0.2, -0.15) is 0 Å². The van der Waals surface area contributed by atoms with E-state index in [1.54, 1.807) is 25.3 Å². The first kappa shape index (κ1) is 23.6. The molecule has 32 heavy (non-hydrogen) atoms. The van der Waals surface area contributed by atoms with Crippen LogP contribution in [0.2, 0.25) is 0 Å². The van der Waals surface area contributed by atoms with E-state index in [9.17, 15) is 18.0 Å². The number of ketones is 2. The standard InChI is InChI=1S/C25H34O6S/c1-15(2)18-10-9-16(14-30-3)23-21-13-20(27)22(12-11-19(26)25(31-21)24(18)23)32(28,29)17-7-5-4-6-8-17/h4-8,15-16,18,21-25H,9-14H2,1-3H3/t16-,18-,21-,22-,23-,24-,25+/m1/s1. The molecule has 1 aromatic carbocycles. The van der Waals surface area contributed by atoms with Gasteiger partial charge in [-0.1, -0.05) is 32.0 Å². The number of carbonyl (C=O) groups excluding carboxylic acids is 2. The molecule has 2 saturated heterocycles. The Kier molecular flexibility index (Phi) is 6.89. The number of rotatable bonds is 5. The summed E-state index contributed by atoms with van der Waals surface area (Å²) < 4.78 is 38.4. The van der Waals surface area contributed by atoms with Crippen LogP contribution in [0, 0.1) is 29.6 Å². The van der Waals surface area contributed by atoms with Crippen molar-refractivity contribution in [3.63, 3.8) is 0 Å². The Bertz CT molecular complexity index is 940. The van der Waals surface area contributed by atoms with Crippen LogP contribution in [0.5, 0.6) is 0 Å². The number of carbonyl (C=O) groups is 2. The van der Waals surface area contributed by atoms with Crippen LogP contribution in [0.4, 0.5) is 0 Å². The molecule has 0 unspecified atom stereocenters. The van der Waals surface area contributed by atoms with Crippen LogP contribution in [0.15, 0.2) is 35.2 Å². The van der Waals surface area contributed by atoms with Gasteiger partial charge in [0.05, 0.1) is 11.0 Å². The van der Waals surface area contributed by atoms with Crippen LogP contribution in [-0.2, 0) is 28.9 Å². The van der Waals surface area contributed by atoms with Gasteiger partial charge < -0.3 is 9.47 Å². The predicted octanol–water partition coefficient (Wildman–Crippen LogP) is 3.48. The molecule has 6 nitrogen and oxygen atoms in total. The number of methoxy groups -OCH3 is 1. The largest absolute Gasteiger partial charge is 0.384 e. The molecule has 0 N–H and O–H groups in total. The van der Waals surface area contributed by atoms with Gasteiger partial charge in [0.25, 0.3) is 0 Å². The highest BCUT2D eigenvalue weighted by Crippen LogP contribution is 2.52. The van der Waals surface area contributed by atoms with Gasteiger partial charge in [-0.15, -0.1) is 0 Å². The molecule has 2 bridgehead atoms. The highest BCUT2D eigenvalue weighted by molar-refractivity contribution is 7.92. The van der Waals surface area contributed by atoms with Crippen molar-refractivity contribution in [1.29, 1.82) is 0 Å². The van der Waals surface area contributed by atoms with Crippen molar-refractivity contribution in [2.45, 2.75) is 68.3 Å². The molecule has 0 aromatic heterocycles. The van der Waals surface area contributed by atoms with Gasteiger partial charge >= 0.3 is 0 Å². The summed E-state index contributed by atoms with van der Waals surface area (Å²) in [5.41, 5.74) is 0. The van der Waals surface area contributed by atoms with Crippen molar-refractivity contribution in [1.82, 2.24) is 0 Å². The van der Waals surface area contributed by atoms with Gasteiger partial charge in [-0.05, 0) is 55.1 Å². The molecule has 0 spiro atoms. The van der Waals surface area contributed by atoms with Gasteiger partial charge in [-0.3, -0.25) is 9.59 Å². The van der Waals surface area contributed by atoms with E-state index < -0.39 is 27.3 Å². The van der Waals surface area contributed by atoms with Crippen LogP contribution in [0.3, 0.4) is 0 Å². The zero-order valence-electron chi connectivity index (χ0n) is 19.1. The molecule has 7 atom stereocenters. The van der Waals surface area contributed by atoms with Gasteiger partial charge in [-0.25, -0.2) is 8.42 Å². The predicted molar refractivity (Wildman–Crippen MR) is 120 cm³/mol. The first-order valence-electron chi connectivity index (χ1n) is 11.7. The second kappa shape index (κ2) is 9.35. The number of hydrogen-bond acceptors (Lipinski definition) is 6. The quantitative estimate of drug-likeness (QED) is 0.666.